The average Bonchev–Trinajstić information content (AvgIpc) is 2.59. The number of hydrogen-bond acceptors (Lipinski definition) is 4. The number of hydrogen-bond donors (Lipinski definition) is 0. The highest BCUT2D eigenvalue weighted by molar-refractivity contribution is 6.30. The van der Waals surface area contributed by atoms with E-state index in [0.717, 1.165) is 49.7 Å². The molecule has 2 heterocycles. The second-order valence-corrected chi connectivity index (χ2v) is 7.37. The van der Waals surface area contributed by atoms with Crippen LogP contribution >= 0.6 is 11.6 Å². The van der Waals surface area contributed by atoms with Gasteiger partial charge in [-0.25, -0.2) is 0 Å². The minimum absolute atomic E-state index is 0.108. The summed E-state index contributed by atoms with van der Waals surface area (Å²) in [4.78, 5) is 9.51. The van der Waals surface area contributed by atoms with Crippen LogP contribution in [0.2, 0.25) is 5.02 Å². The zero-order valence-electron chi connectivity index (χ0n) is 15.2. The van der Waals surface area contributed by atoms with Crippen LogP contribution in [-0.4, -0.2) is 54.1 Å². The third kappa shape index (κ3) is 4.94. The molecule has 1 fully saturated rings. The van der Waals surface area contributed by atoms with Crippen molar-refractivity contribution in [3.05, 3.63) is 47.1 Å². The normalized spacial score (nSPS) is 16.4. The van der Waals surface area contributed by atoms with Gasteiger partial charge in [0, 0.05) is 49.5 Å². The highest BCUT2D eigenvalue weighted by Gasteiger charge is 2.15. The monoisotopic (exact) mass is 359 g/mol. The van der Waals surface area contributed by atoms with Crippen LogP contribution in [0.15, 0.2) is 36.5 Å². The van der Waals surface area contributed by atoms with Gasteiger partial charge in [0.25, 0.3) is 0 Å². The number of nitrogens with zero attached hydrogens (tertiary/aromatic N) is 3. The second-order valence-electron chi connectivity index (χ2n) is 6.94. The smallest absolute Gasteiger partial charge is 0.129 e. The maximum absolute atomic E-state index is 6.18. The van der Waals surface area contributed by atoms with Crippen LogP contribution in [0.1, 0.15) is 19.4 Å². The van der Waals surface area contributed by atoms with Gasteiger partial charge in [-0.2, -0.15) is 0 Å². The number of rotatable bonds is 5. The van der Waals surface area contributed by atoms with Crippen LogP contribution in [0.25, 0.3) is 11.3 Å². The zero-order chi connectivity index (χ0) is 17.8. The Bertz CT molecular complexity index is 695. The molecule has 1 aromatic carbocycles. The van der Waals surface area contributed by atoms with E-state index in [1.165, 1.54) is 5.56 Å². The molecule has 0 atom stereocenters. The van der Waals surface area contributed by atoms with E-state index in [-0.39, 0.29) is 6.10 Å². The van der Waals surface area contributed by atoms with E-state index in [2.05, 4.69) is 34.0 Å². The highest BCUT2D eigenvalue weighted by Crippen LogP contribution is 2.32. The Balaban J connectivity index is 1.75. The average molecular weight is 360 g/mol. The fourth-order valence-corrected chi connectivity index (χ4v) is 3.17. The molecule has 4 nitrogen and oxygen atoms in total. The predicted octanol–water partition coefficient (Wildman–Crippen LogP) is 3.94. The van der Waals surface area contributed by atoms with Crippen molar-refractivity contribution in [2.45, 2.75) is 26.5 Å². The fraction of sp³-hybridized carbons (Fsp3) is 0.450. The first-order chi connectivity index (χ1) is 12.0. The van der Waals surface area contributed by atoms with Crippen molar-refractivity contribution in [1.82, 2.24) is 14.8 Å². The number of piperazine rings is 1. The number of benzene rings is 1. The largest absolute Gasteiger partial charge is 0.490 e. The quantitative estimate of drug-likeness (QED) is 0.808. The fourth-order valence-electron chi connectivity index (χ4n) is 3.00. The van der Waals surface area contributed by atoms with E-state index >= 15 is 0 Å². The summed E-state index contributed by atoms with van der Waals surface area (Å²) in [5.41, 5.74) is 3.06. The number of likely N-dealkylation sites (N-methyl/N-ethyl adjacent to an activating group) is 1. The molecule has 1 aliphatic heterocycles. The van der Waals surface area contributed by atoms with E-state index < -0.39 is 0 Å². The van der Waals surface area contributed by atoms with Gasteiger partial charge >= 0.3 is 0 Å². The Kier molecular flexibility index (Phi) is 5.94. The van der Waals surface area contributed by atoms with Crippen molar-refractivity contribution in [2.24, 2.45) is 0 Å². The number of aromatic nitrogens is 1. The number of halogens is 1. The minimum atomic E-state index is 0.108. The van der Waals surface area contributed by atoms with Gasteiger partial charge < -0.3 is 9.64 Å². The lowest BCUT2D eigenvalue weighted by atomic mass is 10.1. The Morgan fingerprint density at radius 3 is 2.52 bits per heavy atom. The Morgan fingerprint density at radius 2 is 1.88 bits per heavy atom. The number of pyridine rings is 1. The Labute approximate surface area is 155 Å². The molecule has 25 heavy (non-hydrogen) atoms. The maximum atomic E-state index is 6.18. The highest BCUT2D eigenvalue weighted by atomic mass is 35.5. The molecule has 3 rings (SSSR count). The molecule has 0 amide bonds. The van der Waals surface area contributed by atoms with Gasteiger partial charge in [-0.15, -0.1) is 0 Å². The van der Waals surface area contributed by atoms with Gasteiger partial charge in [-0.1, -0.05) is 17.7 Å². The summed E-state index contributed by atoms with van der Waals surface area (Å²) in [5.74, 6) is 0.818. The zero-order valence-corrected chi connectivity index (χ0v) is 16.0. The summed E-state index contributed by atoms with van der Waals surface area (Å²) in [5, 5.41) is 0.689. The van der Waals surface area contributed by atoms with Crippen molar-refractivity contribution >= 4 is 11.6 Å². The van der Waals surface area contributed by atoms with Crippen molar-refractivity contribution in [2.75, 3.05) is 33.2 Å². The van der Waals surface area contributed by atoms with Gasteiger partial charge in [0.15, 0.2) is 0 Å². The van der Waals surface area contributed by atoms with Crippen LogP contribution in [0, 0.1) is 0 Å². The van der Waals surface area contributed by atoms with Crippen molar-refractivity contribution < 1.29 is 4.74 Å². The summed E-state index contributed by atoms with van der Waals surface area (Å²) in [6.07, 6.45) is 2.07. The molecule has 1 saturated heterocycles. The predicted molar refractivity (Wildman–Crippen MR) is 103 cm³/mol. The van der Waals surface area contributed by atoms with E-state index in [1.807, 2.05) is 38.2 Å². The molecule has 5 heteroatoms. The molecule has 0 N–H and O–H groups in total. The van der Waals surface area contributed by atoms with Crippen LogP contribution in [0.4, 0.5) is 0 Å². The standard InChI is InChI=1S/C20H26ClN3O/c1-15(2)25-20-7-5-17(21)12-18(20)19-6-4-16(13-22-19)14-24-10-8-23(3)9-11-24/h4-7,12-13,15H,8-11,14H2,1-3H3. The minimum Gasteiger partial charge on any atom is -0.490 e. The van der Waals surface area contributed by atoms with Crippen LogP contribution in [-0.2, 0) is 6.54 Å². The van der Waals surface area contributed by atoms with E-state index in [4.69, 9.17) is 16.3 Å². The molecular weight excluding hydrogens is 334 g/mol. The maximum Gasteiger partial charge on any atom is 0.129 e. The van der Waals surface area contributed by atoms with Crippen molar-refractivity contribution in [3.8, 4) is 17.0 Å². The van der Waals surface area contributed by atoms with E-state index in [0.29, 0.717) is 5.02 Å². The lowest BCUT2D eigenvalue weighted by molar-refractivity contribution is 0.148. The Morgan fingerprint density at radius 1 is 1.12 bits per heavy atom. The first kappa shape index (κ1) is 18.2. The third-order valence-electron chi connectivity index (χ3n) is 4.41. The first-order valence-electron chi connectivity index (χ1n) is 8.83. The molecule has 0 saturated carbocycles. The summed E-state index contributed by atoms with van der Waals surface area (Å²) in [6.45, 7) is 9.47. The lowest BCUT2D eigenvalue weighted by Gasteiger charge is -2.32. The van der Waals surface area contributed by atoms with E-state index in [9.17, 15) is 0 Å². The second kappa shape index (κ2) is 8.17. The molecule has 134 valence electrons. The summed E-state index contributed by atoms with van der Waals surface area (Å²) in [6, 6.07) is 9.90. The summed E-state index contributed by atoms with van der Waals surface area (Å²) >= 11 is 6.18. The van der Waals surface area contributed by atoms with E-state index in [1.54, 1.807) is 0 Å². The topological polar surface area (TPSA) is 28.6 Å². The molecule has 1 aliphatic rings. The molecule has 2 aromatic rings. The van der Waals surface area contributed by atoms with Crippen LogP contribution in [0.5, 0.6) is 5.75 Å². The van der Waals surface area contributed by atoms with Crippen LogP contribution < -0.4 is 4.74 Å². The van der Waals surface area contributed by atoms with Gasteiger partial charge in [-0.3, -0.25) is 9.88 Å². The molecule has 1 aromatic heterocycles. The summed E-state index contributed by atoms with van der Waals surface area (Å²) in [7, 11) is 2.18. The Hall–Kier alpha value is -1.62. The first-order valence-corrected chi connectivity index (χ1v) is 9.21. The molecule has 0 bridgehead atoms. The van der Waals surface area contributed by atoms with Gasteiger partial charge in [0.05, 0.1) is 11.8 Å². The number of ether oxygens (including phenoxy) is 1. The third-order valence-corrected chi connectivity index (χ3v) is 4.64. The van der Waals surface area contributed by atoms with Gasteiger partial charge in [-0.05, 0) is 50.7 Å². The molecular formula is C20H26ClN3O. The molecule has 0 aliphatic carbocycles. The van der Waals surface area contributed by atoms with Gasteiger partial charge in [0.2, 0.25) is 0 Å². The van der Waals surface area contributed by atoms with Crippen molar-refractivity contribution in [3.63, 3.8) is 0 Å². The molecule has 0 unspecified atom stereocenters. The molecule has 0 spiro atoms. The summed E-state index contributed by atoms with van der Waals surface area (Å²) < 4.78 is 5.91. The van der Waals surface area contributed by atoms with Gasteiger partial charge in [0.1, 0.15) is 5.75 Å². The lowest BCUT2D eigenvalue weighted by Crippen LogP contribution is -2.43. The molecule has 0 radical (unpaired) electrons. The SMILES string of the molecule is CC(C)Oc1ccc(Cl)cc1-c1ccc(CN2CCN(C)CC2)cn1. The van der Waals surface area contributed by atoms with Crippen LogP contribution in [0.3, 0.4) is 0 Å². The van der Waals surface area contributed by atoms with Crippen molar-refractivity contribution in [1.29, 1.82) is 0 Å².